The highest BCUT2D eigenvalue weighted by molar-refractivity contribution is 7.98. The van der Waals surface area contributed by atoms with Crippen LogP contribution in [0.2, 0.25) is 0 Å². The lowest BCUT2D eigenvalue weighted by Gasteiger charge is -2.06. The molecule has 1 heterocycles. The number of hydrogen-bond acceptors (Lipinski definition) is 4. The van der Waals surface area contributed by atoms with E-state index in [1.807, 2.05) is 36.4 Å². The molecule has 0 amide bonds. The van der Waals surface area contributed by atoms with Crippen molar-refractivity contribution in [3.05, 3.63) is 48.2 Å². The number of anilines is 1. The molecule has 0 saturated heterocycles. The van der Waals surface area contributed by atoms with Crippen molar-refractivity contribution in [2.45, 2.75) is 10.8 Å². The third-order valence-corrected chi connectivity index (χ3v) is 3.26. The standard InChI is InChI=1S/C13H14N2OS/c1-16-12-7-10(6-11(14)8-12)9-17-13-4-2-3-5-15-13/h2-8H,9,14H2,1H3. The summed E-state index contributed by atoms with van der Waals surface area (Å²) < 4.78 is 5.18. The van der Waals surface area contributed by atoms with Crippen molar-refractivity contribution in [2.24, 2.45) is 0 Å². The molecule has 0 bridgehead atoms. The molecular formula is C13H14N2OS. The molecule has 0 aliphatic carbocycles. The smallest absolute Gasteiger partial charge is 0.121 e. The maximum Gasteiger partial charge on any atom is 0.121 e. The van der Waals surface area contributed by atoms with Gasteiger partial charge >= 0.3 is 0 Å². The fraction of sp³-hybridized carbons (Fsp3) is 0.154. The molecule has 0 atom stereocenters. The van der Waals surface area contributed by atoms with Gasteiger partial charge in [-0.2, -0.15) is 0 Å². The van der Waals surface area contributed by atoms with Gasteiger partial charge in [-0.1, -0.05) is 6.07 Å². The highest BCUT2D eigenvalue weighted by atomic mass is 32.2. The molecule has 3 nitrogen and oxygen atoms in total. The number of hydrogen-bond donors (Lipinski definition) is 1. The third kappa shape index (κ3) is 3.39. The normalized spacial score (nSPS) is 10.2. The third-order valence-electron chi connectivity index (χ3n) is 2.25. The number of pyridine rings is 1. The van der Waals surface area contributed by atoms with Gasteiger partial charge in [-0.3, -0.25) is 0 Å². The molecule has 2 N–H and O–H groups in total. The van der Waals surface area contributed by atoms with E-state index in [2.05, 4.69) is 4.98 Å². The maximum absolute atomic E-state index is 5.80. The van der Waals surface area contributed by atoms with Crippen LogP contribution in [0.4, 0.5) is 5.69 Å². The molecular weight excluding hydrogens is 232 g/mol. The van der Waals surface area contributed by atoms with Crippen molar-refractivity contribution in [3.63, 3.8) is 0 Å². The molecule has 2 aromatic rings. The minimum Gasteiger partial charge on any atom is -0.497 e. The minimum atomic E-state index is 0.723. The van der Waals surface area contributed by atoms with Crippen LogP contribution in [0.1, 0.15) is 5.56 Å². The summed E-state index contributed by atoms with van der Waals surface area (Å²) in [5, 5.41) is 1.01. The second-order valence-corrected chi connectivity index (χ2v) is 4.57. The van der Waals surface area contributed by atoms with Gasteiger partial charge in [0.05, 0.1) is 12.1 Å². The van der Waals surface area contributed by atoms with Crippen LogP contribution in [0.3, 0.4) is 0 Å². The Labute approximate surface area is 105 Å². The molecule has 17 heavy (non-hydrogen) atoms. The molecule has 0 radical (unpaired) electrons. The first kappa shape index (κ1) is 11.8. The van der Waals surface area contributed by atoms with Crippen LogP contribution in [-0.2, 0) is 5.75 Å². The second kappa shape index (κ2) is 5.59. The average molecular weight is 246 g/mol. The number of nitrogen functional groups attached to an aromatic ring is 1. The van der Waals surface area contributed by atoms with Crippen LogP contribution in [0, 0.1) is 0 Å². The van der Waals surface area contributed by atoms with Crippen molar-refractivity contribution < 1.29 is 4.74 Å². The first-order chi connectivity index (χ1) is 8.28. The van der Waals surface area contributed by atoms with E-state index in [-0.39, 0.29) is 0 Å². The van der Waals surface area contributed by atoms with Crippen molar-refractivity contribution in [1.82, 2.24) is 4.98 Å². The molecule has 0 fully saturated rings. The highest BCUT2D eigenvalue weighted by Crippen LogP contribution is 2.25. The quantitative estimate of drug-likeness (QED) is 0.665. The van der Waals surface area contributed by atoms with Crippen LogP contribution in [0.25, 0.3) is 0 Å². The zero-order valence-electron chi connectivity index (χ0n) is 9.59. The Bertz CT molecular complexity index is 488. The van der Waals surface area contributed by atoms with E-state index >= 15 is 0 Å². The van der Waals surface area contributed by atoms with Gasteiger partial charge in [0.2, 0.25) is 0 Å². The summed E-state index contributed by atoms with van der Waals surface area (Å²) in [6.45, 7) is 0. The van der Waals surface area contributed by atoms with Crippen LogP contribution >= 0.6 is 11.8 Å². The van der Waals surface area contributed by atoms with Gasteiger partial charge in [0.25, 0.3) is 0 Å². The van der Waals surface area contributed by atoms with Gasteiger partial charge < -0.3 is 10.5 Å². The van der Waals surface area contributed by atoms with Crippen LogP contribution < -0.4 is 10.5 Å². The lowest BCUT2D eigenvalue weighted by atomic mass is 10.2. The summed E-state index contributed by atoms with van der Waals surface area (Å²) in [7, 11) is 1.64. The van der Waals surface area contributed by atoms with Crippen molar-refractivity contribution >= 4 is 17.4 Å². The molecule has 1 aromatic carbocycles. The molecule has 0 aliphatic heterocycles. The van der Waals surface area contributed by atoms with Crippen LogP contribution in [0.15, 0.2) is 47.6 Å². The molecule has 0 spiro atoms. The summed E-state index contributed by atoms with van der Waals surface area (Å²) in [4.78, 5) is 4.26. The summed E-state index contributed by atoms with van der Waals surface area (Å²) in [5.74, 6) is 1.62. The van der Waals surface area contributed by atoms with Crippen LogP contribution in [-0.4, -0.2) is 12.1 Å². The zero-order valence-corrected chi connectivity index (χ0v) is 10.4. The maximum atomic E-state index is 5.80. The van der Waals surface area contributed by atoms with Gasteiger partial charge in [0, 0.05) is 23.7 Å². The lowest BCUT2D eigenvalue weighted by molar-refractivity contribution is 0.414. The highest BCUT2D eigenvalue weighted by Gasteiger charge is 2.01. The van der Waals surface area contributed by atoms with Gasteiger partial charge in [0.15, 0.2) is 0 Å². The molecule has 0 saturated carbocycles. The summed E-state index contributed by atoms with van der Waals surface area (Å²) in [6.07, 6.45) is 1.79. The van der Waals surface area contributed by atoms with Gasteiger partial charge in [0.1, 0.15) is 5.75 Å². The van der Waals surface area contributed by atoms with Gasteiger partial charge in [-0.15, -0.1) is 11.8 Å². The number of benzene rings is 1. The molecule has 88 valence electrons. The molecule has 0 unspecified atom stereocenters. The Balaban J connectivity index is 2.06. The van der Waals surface area contributed by atoms with Crippen molar-refractivity contribution in [3.8, 4) is 5.75 Å². The zero-order chi connectivity index (χ0) is 12.1. The predicted molar refractivity (Wildman–Crippen MR) is 71.2 cm³/mol. The molecule has 0 aliphatic rings. The van der Waals surface area contributed by atoms with E-state index in [4.69, 9.17) is 10.5 Å². The van der Waals surface area contributed by atoms with E-state index in [1.165, 1.54) is 0 Å². The van der Waals surface area contributed by atoms with Crippen molar-refractivity contribution in [2.75, 3.05) is 12.8 Å². The molecule has 2 rings (SSSR count). The first-order valence-corrected chi connectivity index (χ1v) is 6.24. The number of ether oxygens (including phenoxy) is 1. The minimum absolute atomic E-state index is 0.723. The van der Waals surface area contributed by atoms with E-state index in [0.29, 0.717) is 0 Å². The van der Waals surface area contributed by atoms with E-state index < -0.39 is 0 Å². The topological polar surface area (TPSA) is 48.1 Å². The number of methoxy groups -OCH3 is 1. The van der Waals surface area contributed by atoms with E-state index in [9.17, 15) is 0 Å². The van der Waals surface area contributed by atoms with Gasteiger partial charge in [-0.05, 0) is 29.8 Å². The number of rotatable bonds is 4. The average Bonchev–Trinajstić information content (AvgIpc) is 2.37. The largest absolute Gasteiger partial charge is 0.497 e. The fourth-order valence-electron chi connectivity index (χ4n) is 1.48. The van der Waals surface area contributed by atoms with E-state index in [0.717, 1.165) is 27.8 Å². The Morgan fingerprint density at radius 2 is 2.18 bits per heavy atom. The summed E-state index contributed by atoms with van der Waals surface area (Å²) in [6, 6.07) is 11.6. The second-order valence-electron chi connectivity index (χ2n) is 3.57. The Kier molecular flexibility index (Phi) is 3.88. The first-order valence-electron chi connectivity index (χ1n) is 5.25. The Morgan fingerprint density at radius 3 is 2.88 bits per heavy atom. The SMILES string of the molecule is COc1cc(N)cc(CSc2ccccn2)c1. The Morgan fingerprint density at radius 1 is 1.29 bits per heavy atom. The van der Waals surface area contributed by atoms with E-state index in [1.54, 1.807) is 25.1 Å². The number of aromatic nitrogens is 1. The lowest BCUT2D eigenvalue weighted by Crippen LogP contribution is -1.91. The number of nitrogens with zero attached hydrogens (tertiary/aromatic N) is 1. The Hall–Kier alpha value is -1.68. The predicted octanol–water partition coefficient (Wildman–Crippen LogP) is 2.96. The number of thioether (sulfide) groups is 1. The van der Waals surface area contributed by atoms with Crippen molar-refractivity contribution in [1.29, 1.82) is 0 Å². The fourth-order valence-corrected chi connectivity index (χ4v) is 2.27. The summed E-state index contributed by atoms with van der Waals surface area (Å²) >= 11 is 1.68. The number of nitrogens with two attached hydrogens (primary N) is 1. The van der Waals surface area contributed by atoms with Gasteiger partial charge in [-0.25, -0.2) is 4.98 Å². The van der Waals surface area contributed by atoms with Crippen LogP contribution in [0.5, 0.6) is 5.75 Å². The molecule has 4 heteroatoms. The monoisotopic (exact) mass is 246 g/mol. The molecule has 1 aromatic heterocycles. The summed E-state index contributed by atoms with van der Waals surface area (Å²) in [5.41, 5.74) is 7.66.